The van der Waals surface area contributed by atoms with Crippen LogP contribution >= 0.6 is 27.5 Å². The summed E-state index contributed by atoms with van der Waals surface area (Å²) in [5, 5.41) is 10.1. The summed E-state index contributed by atoms with van der Waals surface area (Å²) in [5.41, 5.74) is 1.06. The zero-order valence-corrected chi connectivity index (χ0v) is 11.4. The Labute approximate surface area is 117 Å². The van der Waals surface area contributed by atoms with E-state index in [0.717, 1.165) is 0 Å². The van der Waals surface area contributed by atoms with Crippen LogP contribution in [-0.2, 0) is 0 Å². The second-order valence-corrected chi connectivity index (χ2v) is 4.85. The van der Waals surface area contributed by atoms with Crippen molar-refractivity contribution < 1.29 is 9.50 Å². The summed E-state index contributed by atoms with van der Waals surface area (Å²) < 4.78 is 13.4. The van der Waals surface area contributed by atoms with Crippen LogP contribution in [0.15, 0.2) is 45.9 Å². The molecule has 92 valence electrons. The molecule has 5 heteroatoms. The second-order valence-electron chi connectivity index (χ2n) is 3.56. The monoisotopic (exact) mass is 327 g/mol. The molecule has 1 N–H and O–H groups in total. The minimum atomic E-state index is -0.341. The lowest BCUT2D eigenvalue weighted by Crippen LogP contribution is -1.83. The third-order valence-corrected chi connectivity index (χ3v) is 3.11. The molecule has 0 unspecified atom stereocenters. The summed E-state index contributed by atoms with van der Waals surface area (Å²) in [4.78, 5) is 4.16. The van der Waals surface area contributed by atoms with Gasteiger partial charge in [0.1, 0.15) is 11.6 Å². The van der Waals surface area contributed by atoms with Crippen molar-refractivity contribution in [3.63, 3.8) is 0 Å². The Hall–Kier alpha value is -1.39. The molecule has 0 heterocycles. The first-order chi connectivity index (χ1) is 8.56. The Kier molecular flexibility index (Phi) is 3.99. The van der Waals surface area contributed by atoms with E-state index in [9.17, 15) is 9.50 Å². The maximum absolute atomic E-state index is 12.9. The van der Waals surface area contributed by atoms with E-state index >= 15 is 0 Å². The Morgan fingerprint density at radius 2 is 2.00 bits per heavy atom. The van der Waals surface area contributed by atoms with Crippen molar-refractivity contribution in [3.8, 4) is 5.75 Å². The van der Waals surface area contributed by atoms with E-state index in [-0.39, 0.29) is 11.6 Å². The Morgan fingerprint density at radius 3 is 2.72 bits per heavy atom. The van der Waals surface area contributed by atoms with Crippen molar-refractivity contribution in [1.82, 2.24) is 0 Å². The lowest BCUT2D eigenvalue weighted by molar-refractivity contribution is 0.474. The average Bonchev–Trinajstić information content (AvgIpc) is 2.32. The summed E-state index contributed by atoms with van der Waals surface area (Å²) >= 11 is 9.03. The van der Waals surface area contributed by atoms with Crippen molar-refractivity contribution in [2.45, 2.75) is 0 Å². The minimum Gasteiger partial charge on any atom is -0.507 e. The van der Waals surface area contributed by atoms with Gasteiger partial charge in [-0.15, -0.1) is 0 Å². The van der Waals surface area contributed by atoms with Crippen LogP contribution in [-0.4, -0.2) is 11.3 Å². The van der Waals surface area contributed by atoms with Crippen molar-refractivity contribution in [1.29, 1.82) is 0 Å². The highest BCUT2D eigenvalue weighted by Crippen LogP contribution is 2.27. The van der Waals surface area contributed by atoms with Gasteiger partial charge in [-0.3, -0.25) is 4.99 Å². The number of halogens is 3. The van der Waals surface area contributed by atoms with Gasteiger partial charge in [0.2, 0.25) is 0 Å². The van der Waals surface area contributed by atoms with Crippen LogP contribution < -0.4 is 0 Å². The van der Waals surface area contributed by atoms with Gasteiger partial charge in [-0.2, -0.15) is 0 Å². The molecule has 2 aromatic carbocycles. The number of hydrogen-bond acceptors (Lipinski definition) is 2. The van der Waals surface area contributed by atoms with E-state index in [0.29, 0.717) is 20.7 Å². The lowest BCUT2D eigenvalue weighted by Gasteiger charge is -2.00. The van der Waals surface area contributed by atoms with Crippen LogP contribution in [0.25, 0.3) is 0 Å². The number of phenols is 1. The van der Waals surface area contributed by atoms with Crippen molar-refractivity contribution in [2.24, 2.45) is 4.99 Å². The molecule has 0 aromatic heterocycles. The molecule has 0 radical (unpaired) electrons. The number of rotatable bonds is 2. The molecular formula is C13H8BrClFNO. The average molecular weight is 329 g/mol. The van der Waals surface area contributed by atoms with Crippen LogP contribution in [0.5, 0.6) is 5.75 Å². The number of benzene rings is 2. The van der Waals surface area contributed by atoms with Crippen LogP contribution in [0.1, 0.15) is 5.56 Å². The minimum absolute atomic E-state index is 0.0846. The summed E-state index contributed by atoms with van der Waals surface area (Å²) in [6.45, 7) is 0. The van der Waals surface area contributed by atoms with Gasteiger partial charge in [-0.1, -0.05) is 11.6 Å². The molecule has 0 amide bonds. The predicted octanol–water partition coefficient (Wildman–Crippen LogP) is 4.70. The Bertz CT molecular complexity index is 616. The van der Waals surface area contributed by atoms with E-state index in [2.05, 4.69) is 20.9 Å². The van der Waals surface area contributed by atoms with E-state index in [1.165, 1.54) is 30.5 Å². The van der Waals surface area contributed by atoms with E-state index < -0.39 is 0 Å². The quantitative estimate of drug-likeness (QED) is 0.796. The molecule has 0 aliphatic heterocycles. The number of hydrogen-bond donors (Lipinski definition) is 1. The third kappa shape index (κ3) is 3.09. The molecule has 18 heavy (non-hydrogen) atoms. The molecule has 2 rings (SSSR count). The second kappa shape index (κ2) is 5.50. The van der Waals surface area contributed by atoms with Gasteiger partial charge >= 0.3 is 0 Å². The predicted molar refractivity (Wildman–Crippen MR) is 74.5 cm³/mol. The van der Waals surface area contributed by atoms with Crippen LogP contribution in [0, 0.1) is 5.82 Å². The summed E-state index contributed by atoms with van der Waals surface area (Å²) in [5.74, 6) is -0.257. The molecule has 0 aliphatic carbocycles. The normalized spacial score (nSPS) is 11.1. The first-order valence-corrected chi connectivity index (χ1v) is 6.21. The SMILES string of the molecule is Oc1ccc(Cl)cc1C=Nc1ccc(F)cc1Br. The van der Waals surface area contributed by atoms with Gasteiger partial charge in [0.15, 0.2) is 0 Å². The van der Waals surface area contributed by atoms with Crippen LogP contribution in [0.3, 0.4) is 0 Å². The Morgan fingerprint density at radius 1 is 1.22 bits per heavy atom. The van der Waals surface area contributed by atoms with E-state index in [4.69, 9.17) is 11.6 Å². The van der Waals surface area contributed by atoms with Gasteiger partial charge < -0.3 is 5.11 Å². The zero-order valence-electron chi connectivity index (χ0n) is 9.07. The summed E-state index contributed by atoms with van der Waals surface area (Å²) in [7, 11) is 0. The molecule has 2 nitrogen and oxygen atoms in total. The van der Waals surface area contributed by atoms with Crippen molar-refractivity contribution in [2.75, 3.05) is 0 Å². The largest absolute Gasteiger partial charge is 0.507 e. The fraction of sp³-hybridized carbons (Fsp3) is 0. The fourth-order valence-electron chi connectivity index (χ4n) is 1.35. The van der Waals surface area contributed by atoms with Gasteiger partial charge in [-0.05, 0) is 52.3 Å². The van der Waals surface area contributed by atoms with Gasteiger partial charge in [0, 0.05) is 21.3 Å². The van der Waals surface area contributed by atoms with E-state index in [1.807, 2.05) is 0 Å². The molecule has 0 aliphatic rings. The number of phenolic OH excluding ortho intramolecular Hbond substituents is 1. The standard InChI is InChI=1S/C13H8BrClFNO/c14-11-6-10(16)2-3-12(11)17-7-8-5-9(15)1-4-13(8)18/h1-7,18H. The molecule has 0 atom stereocenters. The maximum Gasteiger partial charge on any atom is 0.124 e. The molecule has 0 saturated heterocycles. The first kappa shape index (κ1) is 13.1. The molecular weight excluding hydrogens is 321 g/mol. The number of aromatic hydroxyl groups is 1. The number of nitrogens with zero attached hydrogens (tertiary/aromatic N) is 1. The van der Waals surface area contributed by atoms with Gasteiger partial charge in [-0.25, -0.2) is 4.39 Å². The van der Waals surface area contributed by atoms with Crippen LogP contribution in [0.2, 0.25) is 5.02 Å². The highest BCUT2D eigenvalue weighted by Gasteiger charge is 2.01. The smallest absolute Gasteiger partial charge is 0.124 e. The third-order valence-electron chi connectivity index (χ3n) is 2.24. The highest BCUT2D eigenvalue weighted by molar-refractivity contribution is 9.10. The van der Waals surface area contributed by atoms with Crippen molar-refractivity contribution >= 4 is 39.4 Å². The Balaban J connectivity index is 2.32. The fourth-order valence-corrected chi connectivity index (χ4v) is 1.99. The summed E-state index contributed by atoms with van der Waals surface area (Å²) in [6, 6.07) is 8.85. The lowest BCUT2D eigenvalue weighted by atomic mass is 10.2. The first-order valence-electron chi connectivity index (χ1n) is 5.04. The molecule has 0 fully saturated rings. The topological polar surface area (TPSA) is 32.6 Å². The molecule has 0 saturated carbocycles. The zero-order chi connectivity index (χ0) is 13.1. The van der Waals surface area contributed by atoms with Gasteiger partial charge in [0.05, 0.1) is 5.69 Å². The molecule has 0 bridgehead atoms. The van der Waals surface area contributed by atoms with Crippen molar-refractivity contribution in [3.05, 3.63) is 57.3 Å². The molecule has 2 aromatic rings. The van der Waals surface area contributed by atoms with Crippen LogP contribution in [0.4, 0.5) is 10.1 Å². The molecule has 0 spiro atoms. The maximum atomic E-state index is 12.9. The number of aliphatic imine (C=N–C) groups is 1. The van der Waals surface area contributed by atoms with Gasteiger partial charge in [0.25, 0.3) is 0 Å². The highest BCUT2D eigenvalue weighted by atomic mass is 79.9. The summed E-state index contributed by atoms with van der Waals surface area (Å²) in [6.07, 6.45) is 1.47. The van der Waals surface area contributed by atoms with E-state index in [1.54, 1.807) is 12.1 Å².